The maximum Gasteiger partial charge on any atom is 0.172 e. The van der Waals surface area contributed by atoms with Gasteiger partial charge in [0.2, 0.25) is 0 Å². The van der Waals surface area contributed by atoms with E-state index in [4.69, 9.17) is 9.15 Å². The van der Waals surface area contributed by atoms with Crippen molar-refractivity contribution in [3.05, 3.63) is 54.0 Å². The second-order valence-corrected chi connectivity index (χ2v) is 5.35. The van der Waals surface area contributed by atoms with Crippen molar-refractivity contribution in [3.8, 4) is 5.75 Å². The average molecular weight is 290 g/mol. The molecule has 106 valence electrons. The summed E-state index contributed by atoms with van der Waals surface area (Å²) < 4.78 is 10.7. The summed E-state index contributed by atoms with van der Waals surface area (Å²) in [5, 5.41) is 0. The summed E-state index contributed by atoms with van der Waals surface area (Å²) in [6.45, 7) is 2.76. The zero-order chi connectivity index (χ0) is 14.2. The molecule has 0 spiro atoms. The minimum absolute atomic E-state index is 0.128. The van der Waals surface area contributed by atoms with E-state index >= 15 is 0 Å². The Morgan fingerprint density at radius 1 is 1.25 bits per heavy atom. The highest BCUT2D eigenvalue weighted by molar-refractivity contribution is 7.99. The monoisotopic (exact) mass is 290 g/mol. The molecule has 2 rings (SSSR count). The lowest BCUT2D eigenvalue weighted by atomic mass is 10.1. The van der Waals surface area contributed by atoms with Gasteiger partial charge in [-0.1, -0.05) is 6.92 Å². The van der Waals surface area contributed by atoms with Crippen molar-refractivity contribution in [2.75, 3.05) is 12.4 Å². The minimum Gasteiger partial charge on any atom is -0.494 e. The van der Waals surface area contributed by atoms with E-state index in [0.29, 0.717) is 12.4 Å². The van der Waals surface area contributed by atoms with Crippen LogP contribution in [0.15, 0.2) is 47.1 Å². The fourth-order valence-electron chi connectivity index (χ4n) is 1.68. The lowest BCUT2D eigenvalue weighted by Crippen LogP contribution is -2.03. The van der Waals surface area contributed by atoms with Crippen LogP contribution in [0, 0.1) is 0 Å². The number of Topliss-reactive ketones (excluding diaryl/α,β-unsaturated/α-hetero) is 1. The first-order valence-electron chi connectivity index (χ1n) is 6.66. The first-order valence-corrected chi connectivity index (χ1v) is 7.81. The molecule has 1 aromatic heterocycles. The summed E-state index contributed by atoms with van der Waals surface area (Å²) in [6, 6.07) is 11.1. The molecule has 0 aliphatic carbocycles. The maximum atomic E-state index is 12.0. The van der Waals surface area contributed by atoms with Crippen LogP contribution in [-0.2, 0) is 5.75 Å². The summed E-state index contributed by atoms with van der Waals surface area (Å²) in [7, 11) is 0. The molecule has 0 aliphatic rings. The number of hydrogen-bond acceptors (Lipinski definition) is 4. The predicted molar refractivity (Wildman–Crippen MR) is 81.4 cm³/mol. The quantitative estimate of drug-likeness (QED) is 0.684. The molecule has 0 saturated heterocycles. The second-order valence-electron chi connectivity index (χ2n) is 4.37. The number of rotatable bonds is 8. The second kappa shape index (κ2) is 7.80. The molecule has 0 N–H and O–H groups in total. The number of carbonyl (C=O) groups excluding carboxylic acids is 1. The van der Waals surface area contributed by atoms with Crippen molar-refractivity contribution < 1.29 is 13.9 Å². The fraction of sp³-hybridized carbons (Fsp3) is 0.312. The van der Waals surface area contributed by atoms with Crippen molar-refractivity contribution in [3.63, 3.8) is 0 Å². The Kier molecular flexibility index (Phi) is 5.74. The molecule has 0 radical (unpaired) electrons. The third-order valence-corrected chi connectivity index (χ3v) is 3.66. The Hall–Kier alpha value is -1.68. The van der Waals surface area contributed by atoms with Gasteiger partial charge in [-0.05, 0) is 42.8 Å². The lowest BCUT2D eigenvalue weighted by Gasteiger charge is -2.05. The summed E-state index contributed by atoms with van der Waals surface area (Å²) in [5.41, 5.74) is 0.723. The fourth-order valence-corrected chi connectivity index (χ4v) is 2.50. The predicted octanol–water partition coefficient (Wildman–Crippen LogP) is 4.18. The number of thioether (sulfide) groups is 1. The molecule has 20 heavy (non-hydrogen) atoms. The average Bonchev–Trinajstić information content (AvgIpc) is 2.99. The summed E-state index contributed by atoms with van der Waals surface area (Å²) in [5.74, 6) is 3.01. The molecule has 4 heteroatoms. The third-order valence-electron chi connectivity index (χ3n) is 2.71. The Labute approximate surface area is 123 Å². The Bertz CT molecular complexity index is 517. The number of furan rings is 1. The Morgan fingerprint density at radius 3 is 2.70 bits per heavy atom. The van der Waals surface area contributed by atoms with Gasteiger partial charge < -0.3 is 9.15 Å². The molecule has 0 aliphatic heterocycles. The van der Waals surface area contributed by atoms with Crippen molar-refractivity contribution in [2.45, 2.75) is 19.1 Å². The molecule has 2 aromatic rings. The maximum absolute atomic E-state index is 12.0. The summed E-state index contributed by atoms with van der Waals surface area (Å²) in [4.78, 5) is 12.0. The molecule has 1 aromatic carbocycles. The van der Waals surface area contributed by atoms with Gasteiger partial charge >= 0.3 is 0 Å². The van der Waals surface area contributed by atoms with Crippen LogP contribution >= 0.6 is 11.8 Å². The van der Waals surface area contributed by atoms with Crippen molar-refractivity contribution in [2.24, 2.45) is 0 Å². The number of ether oxygens (including phenoxy) is 1. The zero-order valence-electron chi connectivity index (χ0n) is 11.5. The van der Waals surface area contributed by atoms with E-state index < -0.39 is 0 Å². The standard InChI is InChI=1S/C16H18O3S/c1-2-9-18-14-7-5-13(6-8-14)16(17)12-20-11-15-4-3-10-19-15/h3-8,10H,2,9,11-12H2,1H3. The Balaban J connectivity index is 1.79. The topological polar surface area (TPSA) is 39.4 Å². The largest absolute Gasteiger partial charge is 0.494 e. The van der Waals surface area contributed by atoms with Crippen LogP contribution in [0.25, 0.3) is 0 Å². The van der Waals surface area contributed by atoms with Crippen molar-refractivity contribution in [1.82, 2.24) is 0 Å². The van der Waals surface area contributed by atoms with Crippen LogP contribution in [0.2, 0.25) is 0 Å². The van der Waals surface area contributed by atoms with E-state index in [2.05, 4.69) is 6.92 Å². The molecule has 3 nitrogen and oxygen atoms in total. The zero-order valence-corrected chi connectivity index (χ0v) is 12.3. The van der Waals surface area contributed by atoms with Crippen LogP contribution in [0.3, 0.4) is 0 Å². The van der Waals surface area contributed by atoms with E-state index in [-0.39, 0.29) is 5.78 Å². The highest BCUT2D eigenvalue weighted by Crippen LogP contribution is 2.17. The van der Waals surface area contributed by atoms with Gasteiger partial charge in [0.1, 0.15) is 11.5 Å². The summed E-state index contributed by atoms with van der Waals surface area (Å²) in [6.07, 6.45) is 2.62. The molecule has 0 amide bonds. The highest BCUT2D eigenvalue weighted by atomic mass is 32.2. The first-order chi connectivity index (χ1) is 9.79. The molecular formula is C16H18O3S. The van der Waals surface area contributed by atoms with Gasteiger partial charge in [-0.15, -0.1) is 11.8 Å². The van der Waals surface area contributed by atoms with E-state index in [0.717, 1.165) is 29.2 Å². The van der Waals surface area contributed by atoms with Gasteiger partial charge in [0.25, 0.3) is 0 Å². The highest BCUT2D eigenvalue weighted by Gasteiger charge is 2.07. The van der Waals surface area contributed by atoms with Crippen molar-refractivity contribution >= 4 is 17.5 Å². The molecule has 1 heterocycles. The van der Waals surface area contributed by atoms with Gasteiger partial charge in [0.15, 0.2) is 5.78 Å². The van der Waals surface area contributed by atoms with E-state index in [1.165, 1.54) is 0 Å². The van der Waals surface area contributed by atoms with Gasteiger partial charge in [-0.3, -0.25) is 4.79 Å². The van der Waals surface area contributed by atoms with E-state index in [1.807, 2.05) is 36.4 Å². The molecular weight excluding hydrogens is 272 g/mol. The smallest absolute Gasteiger partial charge is 0.172 e. The van der Waals surface area contributed by atoms with E-state index in [1.54, 1.807) is 18.0 Å². The van der Waals surface area contributed by atoms with Crippen LogP contribution < -0.4 is 4.74 Å². The van der Waals surface area contributed by atoms with Crippen molar-refractivity contribution in [1.29, 1.82) is 0 Å². The summed E-state index contributed by atoms with van der Waals surface area (Å²) >= 11 is 1.56. The van der Waals surface area contributed by atoms with Crippen LogP contribution in [-0.4, -0.2) is 18.1 Å². The van der Waals surface area contributed by atoms with Gasteiger partial charge in [0.05, 0.1) is 24.4 Å². The minimum atomic E-state index is 0.128. The number of carbonyl (C=O) groups is 1. The number of benzene rings is 1. The van der Waals surface area contributed by atoms with Gasteiger partial charge in [-0.2, -0.15) is 0 Å². The lowest BCUT2D eigenvalue weighted by molar-refractivity contribution is 0.102. The van der Waals surface area contributed by atoms with Crippen LogP contribution in [0.5, 0.6) is 5.75 Å². The normalized spacial score (nSPS) is 10.4. The Morgan fingerprint density at radius 2 is 2.05 bits per heavy atom. The van der Waals surface area contributed by atoms with Crippen LogP contribution in [0.4, 0.5) is 0 Å². The SMILES string of the molecule is CCCOc1ccc(C(=O)CSCc2ccco2)cc1. The van der Waals surface area contributed by atoms with Gasteiger partial charge in [0, 0.05) is 5.56 Å². The third kappa shape index (κ3) is 4.46. The molecule has 0 atom stereocenters. The molecule has 0 saturated carbocycles. The molecule has 0 fully saturated rings. The van der Waals surface area contributed by atoms with Crippen LogP contribution in [0.1, 0.15) is 29.5 Å². The van der Waals surface area contributed by atoms with Gasteiger partial charge in [-0.25, -0.2) is 0 Å². The molecule has 0 bridgehead atoms. The number of hydrogen-bond donors (Lipinski definition) is 0. The number of ketones is 1. The van der Waals surface area contributed by atoms with E-state index in [9.17, 15) is 4.79 Å². The molecule has 0 unspecified atom stereocenters. The first kappa shape index (κ1) is 14.7.